The van der Waals surface area contributed by atoms with Gasteiger partial charge in [-0.25, -0.2) is 0 Å². The van der Waals surface area contributed by atoms with Crippen LogP contribution in [0.5, 0.6) is 0 Å². The fourth-order valence-electron chi connectivity index (χ4n) is 3.18. The molecule has 7 heteroatoms. The van der Waals surface area contributed by atoms with Crippen LogP contribution >= 0.6 is 0 Å². The Kier molecular flexibility index (Phi) is 6.13. The van der Waals surface area contributed by atoms with Gasteiger partial charge >= 0.3 is 0 Å². The molecule has 0 saturated heterocycles. The van der Waals surface area contributed by atoms with E-state index in [0.717, 1.165) is 6.42 Å². The van der Waals surface area contributed by atoms with Crippen LogP contribution in [0, 0.1) is 5.92 Å². The normalized spacial score (nSPS) is 15.7. The van der Waals surface area contributed by atoms with Crippen LogP contribution in [0.2, 0.25) is 0 Å². The average molecular weight is 382 g/mol. The number of amides is 3. The molecule has 0 bridgehead atoms. The summed E-state index contributed by atoms with van der Waals surface area (Å²) >= 11 is 0. The number of hydrogen-bond donors (Lipinski definition) is 3. The highest BCUT2D eigenvalue weighted by Crippen LogP contribution is 2.24. The molecule has 3 amide bonds. The standard InChI is InChI=1S/C21H26N4O3/c1-14(2)8-9-22-19(26)11-17-12-23-21(28)18-10-16(13-25(17)18)24-20(27)15-6-4-3-5-7-15/h3-7,10,13-14,17H,8-9,11-12H2,1-2H3,(H,22,26)(H,23,28)(H,24,27). The average Bonchev–Trinajstić information content (AvgIpc) is 3.09. The zero-order chi connectivity index (χ0) is 20.1. The second kappa shape index (κ2) is 8.73. The van der Waals surface area contributed by atoms with Crippen LogP contribution in [0.1, 0.15) is 53.6 Å². The van der Waals surface area contributed by atoms with E-state index in [4.69, 9.17) is 0 Å². The number of rotatable bonds is 7. The summed E-state index contributed by atoms with van der Waals surface area (Å²) in [7, 11) is 0. The Hall–Kier alpha value is -3.09. The van der Waals surface area contributed by atoms with Gasteiger partial charge < -0.3 is 20.5 Å². The monoisotopic (exact) mass is 382 g/mol. The Balaban J connectivity index is 1.68. The molecule has 3 N–H and O–H groups in total. The van der Waals surface area contributed by atoms with Gasteiger partial charge in [-0.05, 0) is 30.5 Å². The van der Waals surface area contributed by atoms with Gasteiger partial charge in [-0.3, -0.25) is 14.4 Å². The number of carbonyl (C=O) groups excluding carboxylic acids is 3. The lowest BCUT2D eigenvalue weighted by Crippen LogP contribution is -2.40. The molecule has 1 atom stereocenters. The highest BCUT2D eigenvalue weighted by atomic mass is 16.2. The van der Waals surface area contributed by atoms with E-state index < -0.39 is 0 Å². The summed E-state index contributed by atoms with van der Waals surface area (Å²) < 4.78 is 1.78. The van der Waals surface area contributed by atoms with Crippen LogP contribution in [-0.2, 0) is 4.79 Å². The largest absolute Gasteiger partial charge is 0.356 e. The molecular formula is C21H26N4O3. The van der Waals surface area contributed by atoms with Gasteiger partial charge in [0, 0.05) is 31.3 Å². The van der Waals surface area contributed by atoms with E-state index >= 15 is 0 Å². The highest BCUT2D eigenvalue weighted by Gasteiger charge is 2.27. The van der Waals surface area contributed by atoms with Crippen LogP contribution in [0.3, 0.4) is 0 Å². The Morgan fingerprint density at radius 1 is 1.25 bits per heavy atom. The maximum Gasteiger partial charge on any atom is 0.268 e. The third-order valence-electron chi connectivity index (χ3n) is 4.73. The van der Waals surface area contributed by atoms with Crippen molar-refractivity contribution in [1.82, 2.24) is 15.2 Å². The molecule has 0 saturated carbocycles. The molecule has 7 nitrogen and oxygen atoms in total. The van der Waals surface area contributed by atoms with Gasteiger partial charge in [-0.15, -0.1) is 0 Å². The first-order valence-corrected chi connectivity index (χ1v) is 9.57. The van der Waals surface area contributed by atoms with E-state index in [1.165, 1.54) is 0 Å². The number of aromatic nitrogens is 1. The van der Waals surface area contributed by atoms with Crippen molar-refractivity contribution >= 4 is 23.4 Å². The minimum absolute atomic E-state index is 0.0451. The van der Waals surface area contributed by atoms with Gasteiger partial charge in [0.05, 0.1) is 11.7 Å². The van der Waals surface area contributed by atoms with Crippen LogP contribution in [0.25, 0.3) is 0 Å². The molecule has 0 aliphatic carbocycles. The first-order chi connectivity index (χ1) is 13.4. The Bertz CT molecular complexity index is 858. The first-order valence-electron chi connectivity index (χ1n) is 9.57. The van der Waals surface area contributed by atoms with Gasteiger partial charge in [0.15, 0.2) is 0 Å². The van der Waals surface area contributed by atoms with Crippen molar-refractivity contribution in [1.29, 1.82) is 0 Å². The third kappa shape index (κ3) is 4.79. The van der Waals surface area contributed by atoms with Crippen LogP contribution in [0.4, 0.5) is 5.69 Å². The number of anilines is 1. The molecule has 28 heavy (non-hydrogen) atoms. The van der Waals surface area contributed by atoms with Gasteiger partial charge in [0.2, 0.25) is 5.91 Å². The molecular weight excluding hydrogens is 356 g/mol. The molecule has 3 rings (SSSR count). The van der Waals surface area contributed by atoms with Crippen molar-refractivity contribution in [3.05, 3.63) is 53.9 Å². The van der Waals surface area contributed by atoms with E-state index in [1.54, 1.807) is 41.1 Å². The number of carbonyl (C=O) groups is 3. The van der Waals surface area contributed by atoms with Gasteiger partial charge in [-0.1, -0.05) is 32.0 Å². The molecule has 148 valence electrons. The number of fused-ring (bicyclic) bond motifs is 1. The summed E-state index contributed by atoms with van der Waals surface area (Å²) in [6.45, 7) is 5.25. The molecule has 1 aliphatic heterocycles. The molecule has 0 spiro atoms. The lowest BCUT2D eigenvalue weighted by atomic mass is 10.1. The minimum atomic E-state index is -0.244. The van der Waals surface area contributed by atoms with Gasteiger partial charge in [0.1, 0.15) is 5.69 Å². The smallest absolute Gasteiger partial charge is 0.268 e. The summed E-state index contributed by atoms with van der Waals surface area (Å²) in [5, 5.41) is 8.56. The summed E-state index contributed by atoms with van der Waals surface area (Å²) in [5.41, 5.74) is 1.51. The Morgan fingerprint density at radius 3 is 2.71 bits per heavy atom. The molecule has 0 radical (unpaired) electrons. The fraction of sp³-hybridized carbons (Fsp3) is 0.381. The lowest BCUT2D eigenvalue weighted by molar-refractivity contribution is -0.121. The third-order valence-corrected chi connectivity index (χ3v) is 4.73. The predicted octanol–water partition coefficient (Wildman–Crippen LogP) is 2.58. The van der Waals surface area contributed by atoms with Crippen molar-refractivity contribution in [2.75, 3.05) is 18.4 Å². The van der Waals surface area contributed by atoms with Crippen molar-refractivity contribution in [3.8, 4) is 0 Å². The molecule has 2 heterocycles. The molecule has 1 aromatic heterocycles. The van der Waals surface area contributed by atoms with E-state index in [9.17, 15) is 14.4 Å². The fourth-order valence-corrected chi connectivity index (χ4v) is 3.18. The number of nitrogens with one attached hydrogen (secondary N) is 3. The molecule has 1 aliphatic rings. The Labute approximate surface area is 164 Å². The zero-order valence-corrected chi connectivity index (χ0v) is 16.2. The number of hydrogen-bond acceptors (Lipinski definition) is 3. The van der Waals surface area contributed by atoms with Gasteiger partial charge in [0.25, 0.3) is 11.8 Å². The summed E-state index contributed by atoms with van der Waals surface area (Å²) in [5.74, 6) is 0.0287. The molecule has 1 aromatic carbocycles. The first kappa shape index (κ1) is 19.7. The highest BCUT2D eigenvalue weighted by molar-refractivity contribution is 6.05. The predicted molar refractivity (Wildman–Crippen MR) is 107 cm³/mol. The van der Waals surface area contributed by atoms with Crippen molar-refractivity contribution in [2.24, 2.45) is 5.92 Å². The summed E-state index contributed by atoms with van der Waals surface area (Å²) in [4.78, 5) is 36.8. The zero-order valence-electron chi connectivity index (χ0n) is 16.2. The summed E-state index contributed by atoms with van der Waals surface area (Å²) in [6, 6.07) is 10.3. The number of nitrogens with zero attached hydrogens (tertiary/aromatic N) is 1. The number of benzene rings is 1. The Morgan fingerprint density at radius 2 is 2.00 bits per heavy atom. The lowest BCUT2D eigenvalue weighted by Gasteiger charge is -2.26. The molecule has 0 fully saturated rings. The van der Waals surface area contributed by atoms with Crippen molar-refractivity contribution in [2.45, 2.75) is 32.7 Å². The van der Waals surface area contributed by atoms with E-state index in [-0.39, 0.29) is 30.2 Å². The topological polar surface area (TPSA) is 92.2 Å². The SMILES string of the molecule is CC(C)CCNC(=O)CC1CNC(=O)c2cc(NC(=O)c3ccccc3)cn21. The maximum atomic E-state index is 12.4. The van der Waals surface area contributed by atoms with Crippen LogP contribution < -0.4 is 16.0 Å². The maximum absolute atomic E-state index is 12.4. The summed E-state index contributed by atoms with van der Waals surface area (Å²) in [6.07, 6.45) is 2.92. The van der Waals surface area contributed by atoms with E-state index in [2.05, 4.69) is 29.8 Å². The van der Waals surface area contributed by atoms with Gasteiger partial charge in [-0.2, -0.15) is 0 Å². The quantitative estimate of drug-likeness (QED) is 0.687. The molecule has 2 aromatic rings. The van der Waals surface area contributed by atoms with E-state index in [0.29, 0.717) is 36.0 Å². The van der Waals surface area contributed by atoms with Crippen LogP contribution in [0.15, 0.2) is 42.6 Å². The molecule has 1 unspecified atom stereocenters. The minimum Gasteiger partial charge on any atom is -0.356 e. The second-order valence-corrected chi connectivity index (χ2v) is 7.44. The van der Waals surface area contributed by atoms with Crippen LogP contribution in [-0.4, -0.2) is 35.4 Å². The van der Waals surface area contributed by atoms with Crippen molar-refractivity contribution in [3.63, 3.8) is 0 Å². The van der Waals surface area contributed by atoms with E-state index in [1.807, 2.05) is 6.07 Å². The second-order valence-electron chi connectivity index (χ2n) is 7.44. The van der Waals surface area contributed by atoms with Crippen molar-refractivity contribution < 1.29 is 14.4 Å².